The van der Waals surface area contributed by atoms with Gasteiger partial charge in [-0.15, -0.1) is 0 Å². The maximum atomic E-state index is 12.8. The first-order valence-corrected chi connectivity index (χ1v) is 11.6. The highest BCUT2D eigenvalue weighted by Crippen LogP contribution is 2.26. The third kappa shape index (κ3) is 9.90. The van der Waals surface area contributed by atoms with Crippen molar-refractivity contribution in [2.75, 3.05) is 13.2 Å². The first-order valence-electron chi connectivity index (χ1n) is 11.6. The molecule has 0 aliphatic carbocycles. The predicted octanol–water partition coefficient (Wildman–Crippen LogP) is 6.98. The van der Waals surface area contributed by atoms with Gasteiger partial charge in [-0.2, -0.15) is 0 Å². The summed E-state index contributed by atoms with van der Waals surface area (Å²) in [6.07, 6.45) is 14.2. The molecule has 2 rings (SSSR count). The summed E-state index contributed by atoms with van der Waals surface area (Å²) in [6.45, 7) is 5.96. The van der Waals surface area contributed by atoms with Crippen LogP contribution in [-0.2, 0) is 4.79 Å². The number of unbranched alkanes of at least 4 members (excludes halogenated alkanes) is 3. The van der Waals surface area contributed by atoms with Crippen LogP contribution in [-0.4, -0.2) is 30.1 Å². The maximum absolute atomic E-state index is 12.8. The third-order valence-corrected chi connectivity index (χ3v) is 4.96. The van der Waals surface area contributed by atoms with Crippen molar-refractivity contribution in [1.29, 1.82) is 0 Å². The highest BCUT2D eigenvalue weighted by Gasteiger charge is 2.13. The van der Waals surface area contributed by atoms with Crippen molar-refractivity contribution in [3.8, 4) is 11.5 Å². The number of carbonyl (C=O) groups excluding carboxylic acids is 1. The molecule has 2 aromatic carbocycles. The highest BCUT2D eigenvalue weighted by atomic mass is 16.5. The van der Waals surface area contributed by atoms with Crippen molar-refractivity contribution in [1.82, 2.24) is 0 Å². The van der Waals surface area contributed by atoms with Crippen molar-refractivity contribution < 1.29 is 24.2 Å². The minimum atomic E-state index is -1.12. The highest BCUT2D eigenvalue weighted by molar-refractivity contribution is 6.08. The van der Waals surface area contributed by atoms with E-state index in [4.69, 9.17) is 14.6 Å². The van der Waals surface area contributed by atoms with Gasteiger partial charge in [0.2, 0.25) is 0 Å². The molecule has 0 radical (unpaired) electrons. The van der Waals surface area contributed by atoms with Crippen LogP contribution >= 0.6 is 0 Å². The summed E-state index contributed by atoms with van der Waals surface area (Å²) in [6, 6.07) is 12.8. The number of carbonyl (C=O) groups is 2. The summed E-state index contributed by atoms with van der Waals surface area (Å²) in [5.41, 5.74) is 3.41. The second kappa shape index (κ2) is 14.5. The monoisotopic (exact) mass is 462 g/mol. The SMILES string of the molecule is CCCCCC=Cc1ccc(C=CC(=O)c2ccc(OCC=C(C)C)cc2OCC(=O)O)cc1. The quantitative estimate of drug-likeness (QED) is 0.142. The van der Waals surface area contributed by atoms with Gasteiger partial charge in [0, 0.05) is 6.07 Å². The fourth-order valence-electron chi connectivity index (χ4n) is 3.07. The average Bonchev–Trinajstić information content (AvgIpc) is 2.81. The Labute approximate surface area is 202 Å². The van der Waals surface area contributed by atoms with E-state index in [1.807, 2.05) is 44.2 Å². The van der Waals surface area contributed by atoms with Gasteiger partial charge in [-0.25, -0.2) is 4.79 Å². The number of allylic oxidation sites excluding steroid dienone is 3. The predicted molar refractivity (Wildman–Crippen MR) is 137 cm³/mol. The fourth-order valence-corrected chi connectivity index (χ4v) is 3.07. The molecule has 2 aromatic rings. The Balaban J connectivity index is 2.09. The lowest BCUT2D eigenvalue weighted by molar-refractivity contribution is -0.139. The van der Waals surface area contributed by atoms with E-state index >= 15 is 0 Å². The number of ketones is 1. The van der Waals surface area contributed by atoms with E-state index in [9.17, 15) is 9.59 Å². The lowest BCUT2D eigenvalue weighted by atomic mass is 10.1. The molecule has 0 spiro atoms. The van der Waals surface area contributed by atoms with Crippen LogP contribution in [0.4, 0.5) is 0 Å². The van der Waals surface area contributed by atoms with Crippen molar-refractivity contribution >= 4 is 23.9 Å². The van der Waals surface area contributed by atoms with E-state index in [0.29, 0.717) is 12.4 Å². The summed E-state index contributed by atoms with van der Waals surface area (Å²) in [7, 11) is 0. The number of ether oxygens (including phenoxy) is 2. The first kappa shape index (κ1) is 26.7. The van der Waals surface area contributed by atoms with Gasteiger partial charge in [0.1, 0.15) is 18.1 Å². The molecule has 180 valence electrons. The Morgan fingerprint density at radius 3 is 2.29 bits per heavy atom. The van der Waals surface area contributed by atoms with Gasteiger partial charge in [-0.05, 0) is 62.1 Å². The van der Waals surface area contributed by atoms with Crippen molar-refractivity contribution in [2.45, 2.75) is 46.5 Å². The summed E-state index contributed by atoms with van der Waals surface area (Å²) >= 11 is 0. The molecule has 34 heavy (non-hydrogen) atoms. The van der Waals surface area contributed by atoms with Gasteiger partial charge in [0.15, 0.2) is 12.4 Å². The minimum absolute atomic E-state index is 0.176. The zero-order valence-electron chi connectivity index (χ0n) is 20.3. The van der Waals surface area contributed by atoms with Crippen molar-refractivity contribution in [3.63, 3.8) is 0 Å². The normalized spacial score (nSPS) is 11.0. The fraction of sp³-hybridized carbons (Fsp3) is 0.310. The molecule has 0 atom stereocenters. The molecule has 0 aromatic heterocycles. The van der Waals surface area contributed by atoms with Crippen molar-refractivity contribution in [3.05, 3.63) is 83.0 Å². The lowest BCUT2D eigenvalue weighted by Crippen LogP contribution is -2.12. The van der Waals surface area contributed by atoms with Gasteiger partial charge in [-0.3, -0.25) is 4.79 Å². The largest absolute Gasteiger partial charge is 0.489 e. The van der Waals surface area contributed by atoms with Gasteiger partial charge in [0.25, 0.3) is 0 Å². The number of hydrogen-bond acceptors (Lipinski definition) is 4. The topological polar surface area (TPSA) is 72.8 Å². The standard InChI is InChI=1S/C29H34O5/c1-4-5-6-7-8-9-23-10-12-24(13-11-23)14-17-27(30)26-16-15-25(33-19-18-22(2)3)20-28(26)34-21-29(31)32/h8-18,20H,4-7,19,21H2,1-3H3,(H,31,32). The second-order valence-corrected chi connectivity index (χ2v) is 8.20. The molecule has 0 saturated carbocycles. The van der Waals surface area contributed by atoms with E-state index < -0.39 is 12.6 Å². The molecule has 0 bridgehead atoms. The molecule has 0 aliphatic rings. The molecular formula is C29H34O5. The number of aliphatic carboxylic acids is 1. The Morgan fingerprint density at radius 1 is 0.941 bits per heavy atom. The van der Waals surface area contributed by atoms with Crippen LogP contribution in [0.15, 0.2) is 66.3 Å². The average molecular weight is 463 g/mol. The third-order valence-electron chi connectivity index (χ3n) is 4.96. The van der Waals surface area contributed by atoms with Crippen LogP contribution in [0.5, 0.6) is 11.5 Å². The number of carboxylic acids is 1. The molecule has 1 N–H and O–H groups in total. The van der Waals surface area contributed by atoms with Gasteiger partial charge >= 0.3 is 5.97 Å². The number of hydrogen-bond donors (Lipinski definition) is 1. The number of benzene rings is 2. The lowest BCUT2D eigenvalue weighted by Gasteiger charge is -2.11. The van der Waals surface area contributed by atoms with Gasteiger partial charge in [0.05, 0.1) is 5.56 Å². The zero-order valence-corrected chi connectivity index (χ0v) is 20.3. The molecular weight excluding hydrogens is 428 g/mol. The summed E-state index contributed by atoms with van der Waals surface area (Å²) in [5, 5.41) is 8.97. The Hall–Kier alpha value is -3.60. The molecule has 0 fully saturated rings. The molecule has 5 heteroatoms. The minimum Gasteiger partial charge on any atom is -0.489 e. The first-order chi connectivity index (χ1) is 16.4. The van der Waals surface area contributed by atoms with Gasteiger partial charge < -0.3 is 14.6 Å². The molecule has 0 saturated heterocycles. The smallest absolute Gasteiger partial charge is 0.341 e. The van der Waals surface area contributed by atoms with E-state index in [0.717, 1.165) is 23.1 Å². The molecule has 0 unspecified atom stereocenters. The number of rotatable bonds is 14. The van der Waals surface area contributed by atoms with Crippen LogP contribution in [0.25, 0.3) is 12.2 Å². The molecule has 5 nitrogen and oxygen atoms in total. The Kier molecular flexibility index (Phi) is 11.4. The Morgan fingerprint density at radius 2 is 1.65 bits per heavy atom. The molecule has 0 amide bonds. The summed E-state index contributed by atoms with van der Waals surface area (Å²) in [5.74, 6) is -0.729. The van der Waals surface area contributed by atoms with E-state index in [2.05, 4.69) is 19.1 Å². The summed E-state index contributed by atoms with van der Waals surface area (Å²) < 4.78 is 11.0. The van der Waals surface area contributed by atoms with Gasteiger partial charge in [-0.1, -0.05) is 67.8 Å². The summed E-state index contributed by atoms with van der Waals surface area (Å²) in [4.78, 5) is 23.8. The van der Waals surface area contributed by atoms with E-state index in [1.54, 1.807) is 24.3 Å². The van der Waals surface area contributed by atoms with Crippen LogP contribution in [0, 0.1) is 0 Å². The van der Waals surface area contributed by atoms with Crippen LogP contribution < -0.4 is 9.47 Å². The van der Waals surface area contributed by atoms with Crippen molar-refractivity contribution in [2.24, 2.45) is 0 Å². The number of carboxylic acid groups (broad SMARTS) is 1. The second-order valence-electron chi connectivity index (χ2n) is 8.20. The zero-order chi connectivity index (χ0) is 24.8. The maximum Gasteiger partial charge on any atom is 0.341 e. The van der Waals surface area contributed by atoms with E-state index in [-0.39, 0.29) is 17.1 Å². The van der Waals surface area contributed by atoms with E-state index in [1.165, 1.54) is 25.3 Å². The molecule has 0 aliphatic heterocycles. The van der Waals surface area contributed by atoms with Crippen LogP contribution in [0.2, 0.25) is 0 Å². The van der Waals surface area contributed by atoms with Crippen LogP contribution in [0.3, 0.4) is 0 Å². The van der Waals surface area contributed by atoms with Crippen LogP contribution in [0.1, 0.15) is 67.9 Å². The Bertz CT molecular complexity index is 1020. The molecule has 0 heterocycles.